The molecule has 2 aromatic heterocycles. The van der Waals surface area contributed by atoms with Crippen molar-refractivity contribution in [1.82, 2.24) is 14.8 Å². The molecule has 0 bridgehead atoms. The molecule has 26 heavy (non-hydrogen) atoms. The molecule has 136 valence electrons. The number of furan rings is 1. The largest absolute Gasteiger partial charge is 0.467 e. The van der Waals surface area contributed by atoms with Crippen LogP contribution in [-0.2, 0) is 17.5 Å². The van der Waals surface area contributed by atoms with Crippen molar-refractivity contribution in [3.8, 4) is 0 Å². The Morgan fingerprint density at radius 2 is 2.00 bits per heavy atom. The Hall–Kier alpha value is -2.75. The van der Waals surface area contributed by atoms with Crippen LogP contribution in [0.5, 0.6) is 0 Å². The number of hydrogen-bond donors (Lipinski definition) is 1. The zero-order valence-corrected chi connectivity index (χ0v) is 14.0. The molecule has 1 aromatic carbocycles. The number of aromatic nitrogens is 3. The number of anilines is 1. The van der Waals surface area contributed by atoms with Crippen LogP contribution in [0, 0.1) is 0 Å². The molecule has 1 N–H and O–H groups in total. The van der Waals surface area contributed by atoms with Crippen molar-refractivity contribution >= 4 is 23.4 Å². The van der Waals surface area contributed by atoms with E-state index in [-0.39, 0.29) is 11.7 Å². The second kappa shape index (κ2) is 7.65. The molecule has 0 unspecified atom stereocenters. The molecule has 2 heterocycles. The van der Waals surface area contributed by atoms with Gasteiger partial charge in [0.25, 0.3) is 0 Å². The van der Waals surface area contributed by atoms with Crippen LogP contribution in [0.4, 0.5) is 18.9 Å². The summed E-state index contributed by atoms with van der Waals surface area (Å²) in [6, 6.07) is 7.84. The second-order valence-electron chi connectivity index (χ2n) is 5.23. The monoisotopic (exact) mass is 382 g/mol. The number of carbonyl (C=O) groups excluding carboxylic acids is 1. The molecule has 6 nitrogen and oxygen atoms in total. The van der Waals surface area contributed by atoms with Crippen molar-refractivity contribution in [1.29, 1.82) is 0 Å². The van der Waals surface area contributed by atoms with E-state index in [1.54, 1.807) is 16.9 Å². The van der Waals surface area contributed by atoms with Crippen LogP contribution in [-0.4, -0.2) is 26.4 Å². The number of thioether (sulfide) groups is 1. The third-order valence-electron chi connectivity index (χ3n) is 3.31. The zero-order valence-electron chi connectivity index (χ0n) is 13.2. The van der Waals surface area contributed by atoms with Gasteiger partial charge in [-0.15, -0.1) is 10.2 Å². The normalized spacial score (nSPS) is 11.5. The Morgan fingerprint density at radius 3 is 2.65 bits per heavy atom. The predicted octanol–water partition coefficient (Wildman–Crippen LogP) is 3.67. The van der Waals surface area contributed by atoms with Gasteiger partial charge in [-0.2, -0.15) is 13.2 Å². The molecular weight excluding hydrogens is 369 g/mol. The molecule has 0 aliphatic heterocycles. The minimum absolute atomic E-state index is 0.0396. The first-order valence-electron chi connectivity index (χ1n) is 7.42. The van der Waals surface area contributed by atoms with Gasteiger partial charge in [0.2, 0.25) is 5.91 Å². The second-order valence-corrected chi connectivity index (χ2v) is 6.18. The number of amides is 1. The molecule has 0 radical (unpaired) electrons. The van der Waals surface area contributed by atoms with Crippen molar-refractivity contribution < 1.29 is 22.4 Å². The summed E-state index contributed by atoms with van der Waals surface area (Å²) in [5, 5.41) is 10.8. The maximum atomic E-state index is 12.5. The molecule has 10 heteroatoms. The third kappa shape index (κ3) is 4.66. The molecule has 0 atom stereocenters. The van der Waals surface area contributed by atoms with E-state index in [1.165, 1.54) is 30.2 Å². The van der Waals surface area contributed by atoms with E-state index < -0.39 is 11.7 Å². The fourth-order valence-corrected chi connectivity index (χ4v) is 2.82. The maximum Gasteiger partial charge on any atom is 0.416 e. The molecule has 0 aliphatic carbocycles. The summed E-state index contributed by atoms with van der Waals surface area (Å²) in [4.78, 5) is 12.0. The highest BCUT2D eigenvalue weighted by Gasteiger charge is 2.29. The van der Waals surface area contributed by atoms with Crippen LogP contribution in [0.15, 0.2) is 58.6 Å². The van der Waals surface area contributed by atoms with Crippen molar-refractivity contribution in [3.05, 3.63) is 60.3 Å². The first kappa shape index (κ1) is 18.1. The zero-order chi connectivity index (χ0) is 18.6. The number of nitrogens with zero attached hydrogens (tertiary/aromatic N) is 3. The quantitative estimate of drug-likeness (QED) is 0.659. The lowest BCUT2D eigenvalue weighted by Gasteiger charge is -2.09. The number of benzene rings is 1. The average molecular weight is 382 g/mol. The van der Waals surface area contributed by atoms with Crippen molar-refractivity contribution in [2.75, 3.05) is 11.1 Å². The summed E-state index contributed by atoms with van der Waals surface area (Å²) in [5.74, 6) is 0.404. The summed E-state index contributed by atoms with van der Waals surface area (Å²) in [7, 11) is 0. The highest BCUT2D eigenvalue weighted by Crippen LogP contribution is 2.29. The van der Waals surface area contributed by atoms with Gasteiger partial charge in [0.15, 0.2) is 5.16 Å². The van der Waals surface area contributed by atoms with Crippen LogP contribution < -0.4 is 5.32 Å². The lowest BCUT2D eigenvalue weighted by atomic mass is 10.2. The number of alkyl halides is 3. The first-order chi connectivity index (χ1) is 12.4. The van der Waals surface area contributed by atoms with Gasteiger partial charge in [-0.25, -0.2) is 0 Å². The smallest absolute Gasteiger partial charge is 0.416 e. The minimum Gasteiger partial charge on any atom is -0.467 e. The Morgan fingerprint density at radius 1 is 1.23 bits per heavy atom. The van der Waals surface area contributed by atoms with Gasteiger partial charge < -0.3 is 14.3 Å². The van der Waals surface area contributed by atoms with Crippen molar-refractivity contribution in [3.63, 3.8) is 0 Å². The van der Waals surface area contributed by atoms with Gasteiger partial charge >= 0.3 is 6.18 Å². The average Bonchev–Trinajstić information content (AvgIpc) is 3.25. The number of hydrogen-bond acceptors (Lipinski definition) is 5. The molecular formula is C16H13F3N4O2S. The van der Waals surface area contributed by atoms with Crippen LogP contribution in [0.2, 0.25) is 0 Å². The summed E-state index contributed by atoms with van der Waals surface area (Å²) < 4.78 is 44.5. The molecule has 3 rings (SSSR count). The number of rotatable bonds is 6. The number of carbonyl (C=O) groups is 1. The van der Waals surface area contributed by atoms with Gasteiger partial charge in [0.1, 0.15) is 12.1 Å². The predicted molar refractivity (Wildman–Crippen MR) is 88.6 cm³/mol. The van der Waals surface area contributed by atoms with E-state index in [2.05, 4.69) is 15.5 Å². The van der Waals surface area contributed by atoms with Gasteiger partial charge in [0.05, 0.1) is 24.1 Å². The number of halogens is 3. The lowest BCUT2D eigenvalue weighted by Crippen LogP contribution is -2.15. The van der Waals surface area contributed by atoms with E-state index in [4.69, 9.17) is 4.42 Å². The fourth-order valence-electron chi connectivity index (χ4n) is 2.10. The summed E-state index contributed by atoms with van der Waals surface area (Å²) >= 11 is 1.17. The molecule has 0 saturated heterocycles. The molecule has 0 aliphatic rings. The number of nitrogens with one attached hydrogen (secondary N) is 1. The summed E-state index contributed by atoms with van der Waals surface area (Å²) in [5.41, 5.74) is -0.475. The van der Waals surface area contributed by atoms with Gasteiger partial charge in [-0.3, -0.25) is 4.79 Å². The Bertz CT molecular complexity index is 861. The van der Waals surface area contributed by atoms with Crippen molar-refractivity contribution in [2.45, 2.75) is 17.9 Å². The van der Waals surface area contributed by atoms with Gasteiger partial charge in [-0.1, -0.05) is 11.8 Å². The summed E-state index contributed by atoms with van der Waals surface area (Å²) in [6.07, 6.45) is -1.32. The SMILES string of the molecule is O=C(CSc1nncn1Cc1ccco1)Nc1ccc(C(F)(F)F)cc1. The third-order valence-corrected chi connectivity index (χ3v) is 4.30. The van der Waals surface area contributed by atoms with Crippen LogP contribution in [0.25, 0.3) is 0 Å². The Labute approximate surface area is 150 Å². The van der Waals surface area contributed by atoms with Crippen LogP contribution >= 0.6 is 11.8 Å². The summed E-state index contributed by atoms with van der Waals surface area (Å²) in [6.45, 7) is 0.433. The molecule has 0 saturated carbocycles. The Kier molecular flexibility index (Phi) is 5.31. The van der Waals surface area contributed by atoms with E-state index in [0.29, 0.717) is 17.4 Å². The van der Waals surface area contributed by atoms with E-state index in [0.717, 1.165) is 17.9 Å². The van der Waals surface area contributed by atoms with Crippen molar-refractivity contribution in [2.24, 2.45) is 0 Å². The highest BCUT2D eigenvalue weighted by molar-refractivity contribution is 7.99. The topological polar surface area (TPSA) is 73.0 Å². The van der Waals surface area contributed by atoms with E-state index >= 15 is 0 Å². The van der Waals surface area contributed by atoms with Gasteiger partial charge in [0, 0.05) is 5.69 Å². The molecule has 0 fully saturated rings. The van der Waals surface area contributed by atoms with E-state index in [9.17, 15) is 18.0 Å². The molecule has 3 aromatic rings. The van der Waals surface area contributed by atoms with Crippen LogP contribution in [0.1, 0.15) is 11.3 Å². The molecule has 0 spiro atoms. The van der Waals surface area contributed by atoms with Crippen LogP contribution in [0.3, 0.4) is 0 Å². The highest BCUT2D eigenvalue weighted by atomic mass is 32.2. The maximum absolute atomic E-state index is 12.5. The standard InChI is InChI=1S/C16H13F3N4O2S/c17-16(18,19)11-3-5-12(6-4-11)21-14(24)9-26-15-22-20-10-23(15)8-13-2-1-7-25-13/h1-7,10H,8-9H2,(H,21,24). The van der Waals surface area contributed by atoms with Gasteiger partial charge in [-0.05, 0) is 36.4 Å². The first-order valence-corrected chi connectivity index (χ1v) is 8.40. The minimum atomic E-state index is -4.41. The Balaban J connectivity index is 1.54. The fraction of sp³-hybridized carbons (Fsp3) is 0.188. The molecule has 1 amide bonds. The van der Waals surface area contributed by atoms with E-state index in [1.807, 2.05) is 6.07 Å². The lowest BCUT2D eigenvalue weighted by molar-refractivity contribution is -0.137.